The Balaban J connectivity index is 2.73. The van der Waals surface area contributed by atoms with Crippen molar-refractivity contribution >= 4 is 18.0 Å². The van der Waals surface area contributed by atoms with E-state index in [1.165, 1.54) is 23.0 Å². The maximum Gasteiger partial charge on any atom is 0.323 e. The number of amides is 2. The number of aliphatic carboxylic acids is 1. The summed E-state index contributed by atoms with van der Waals surface area (Å²) in [5, 5.41) is 8.81. The van der Waals surface area contributed by atoms with E-state index in [9.17, 15) is 14.4 Å². The summed E-state index contributed by atoms with van der Waals surface area (Å²) in [5.41, 5.74) is 0. The molecule has 0 aromatic heterocycles. The first-order valence-electron chi connectivity index (χ1n) is 6.35. The maximum absolute atomic E-state index is 12.3. The number of carboxylic acids is 1. The fraction of sp³-hybridized carbons (Fsp3) is 0.615. The number of carbonyl (C=O) groups is 3. The molecule has 0 aliphatic carbocycles. The zero-order valence-electron chi connectivity index (χ0n) is 11.7. The van der Waals surface area contributed by atoms with Crippen LogP contribution in [0, 0.1) is 11.8 Å². The van der Waals surface area contributed by atoms with E-state index in [-0.39, 0.29) is 30.9 Å². The Hall–Kier alpha value is -2.05. The minimum absolute atomic E-state index is 0.0122. The molecule has 2 unspecified atom stereocenters. The number of methoxy groups -OCH3 is 1. The molecule has 0 bridgehead atoms. The number of hydrogen-bond acceptors (Lipinski definition) is 4. The van der Waals surface area contributed by atoms with Gasteiger partial charge in [0.2, 0.25) is 0 Å². The van der Waals surface area contributed by atoms with E-state index < -0.39 is 18.5 Å². The van der Waals surface area contributed by atoms with Crippen LogP contribution in [0.1, 0.15) is 6.92 Å². The summed E-state index contributed by atoms with van der Waals surface area (Å²) < 4.78 is 4.70. The normalized spacial score (nSPS) is 21.4. The standard InChI is InChI=1S/C13H20N2O5/c1-4-5-14(8-11(16)17)13(19)15-6-9(2)10(7-15)12(18)20-3/h4,9-10H,1,5-8H2,2-3H3,(H,16,17). The molecule has 1 fully saturated rings. The first-order valence-corrected chi connectivity index (χ1v) is 6.35. The first-order chi connectivity index (χ1) is 9.40. The molecule has 2 atom stereocenters. The van der Waals surface area contributed by atoms with Crippen molar-refractivity contribution in [3.05, 3.63) is 12.7 Å². The van der Waals surface area contributed by atoms with Crippen LogP contribution in [-0.2, 0) is 14.3 Å². The van der Waals surface area contributed by atoms with Gasteiger partial charge in [-0.25, -0.2) is 4.79 Å². The van der Waals surface area contributed by atoms with E-state index in [1.54, 1.807) is 0 Å². The second-order valence-corrected chi connectivity index (χ2v) is 4.86. The minimum Gasteiger partial charge on any atom is -0.480 e. The molecule has 1 N–H and O–H groups in total. The molecule has 0 spiro atoms. The highest BCUT2D eigenvalue weighted by atomic mass is 16.5. The Morgan fingerprint density at radius 3 is 2.60 bits per heavy atom. The molecule has 0 aromatic rings. The van der Waals surface area contributed by atoms with Gasteiger partial charge in [-0.1, -0.05) is 13.0 Å². The lowest BCUT2D eigenvalue weighted by atomic mass is 9.99. The molecule has 1 aliphatic heterocycles. The van der Waals surface area contributed by atoms with Crippen LogP contribution in [0.4, 0.5) is 4.79 Å². The van der Waals surface area contributed by atoms with Crippen molar-refractivity contribution in [1.29, 1.82) is 0 Å². The number of carbonyl (C=O) groups excluding carboxylic acids is 2. The third-order valence-corrected chi connectivity index (χ3v) is 3.33. The molecule has 0 radical (unpaired) electrons. The monoisotopic (exact) mass is 284 g/mol. The number of esters is 1. The highest BCUT2D eigenvalue weighted by molar-refractivity contribution is 5.82. The molecule has 20 heavy (non-hydrogen) atoms. The summed E-state index contributed by atoms with van der Waals surface area (Å²) in [5.74, 6) is -1.81. The molecular weight excluding hydrogens is 264 g/mol. The number of carboxylic acid groups (broad SMARTS) is 1. The molecule has 7 heteroatoms. The van der Waals surface area contributed by atoms with Crippen LogP contribution in [0.25, 0.3) is 0 Å². The second-order valence-electron chi connectivity index (χ2n) is 4.86. The number of hydrogen-bond donors (Lipinski definition) is 1. The van der Waals surface area contributed by atoms with Gasteiger partial charge < -0.3 is 19.6 Å². The quantitative estimate of drug-likeness (QED) is 0.584. The average molecular weight is 284 g/mol. The number of likely N-dealkylation sites (tertiary alicyclic amines) is 1. The first kappa shape index (κ1) is 16.0. The second kappa shape index (κ2) is 6.93. The molecular formula is C13H20N2O5. The van der Waals surface area contributed by atoms with Crippen LogP contribution >= 0.6 is 0 Å². The van der Waals surface area contributed by atoms with Crippen LogP contribution < -0.4 is 0 Å². The van der Waals surface area contributed by atoms with Gasteiger partial charge in [0, 0.05) is 19.6 Å². The van der Waals surface area contributed by atoms with E-state index in [0.717, 1.165) is 0 Å². The van der Waals surface area contributed by atoms with Gasteiger partial charge in [-0.05, 0) is 5.92 Å². The Labute approximate surface area is 117 Å². The summed E-state index contributed by atoms with van der Waals surface area (Å²) >= 11 is 0. The highest BCUT2D eigenvalue weighted by Crippen LogP contribution is 2.25. The molecule has 1 heterocycles. The minimum atomic E-state index is -1.09. The predicted molar refractivity (Wildman–Crippen MR) is 71.0 cm³/mol. The van der Waals surface area contributed by atoms with Crippen LogP contribution in [0.5, 0.6) is 0 Å². The lowest BCUT2D eigenvalue weighted by Crippen LogP contribution is -2.44. The number of rotatable bonds is 5. The Kier molecular flexibility index (Phi) is 5.54. The van der Waals surface area contributed by atoms with Crippen LogP contribution in [0.15, 0.2) is 12.7 Å². The smallest absolute Gasteiger partial charge is 0.323 e. The van der Waals surface area contributed by atoms with Crippen molar-refractivity contribution < 1.29 is 24.2 Å². The van der Waals surface area contributed by atoms with Crippen LogP contribution in [0.2, 0.25) is 0 Å². The van der Waals surface area contributed by atoms with Crippen molar-refractivity contribution in [2.45, 2.75) is 6.92 Å². The average Bonchev–Trinajstić information content (AvgIpc) is 2.78. The fourth-order valence-electron chi connectivity index (χ4n) is 2.31. The van der Waals surface area contributed by atoms with Crippen molar-refractivity contribution in [2.24, 2.45) is 11.8 Å². The van der Waals surface area contributed by atoms with Gasteiger partial charge in [0.1, 0.15) is 6.54 Å². The van der Waals surface area contributed by atoms with E-state index in [4.69, 9.17) is 9.84 Å². The molecule has 7 nitrogen and oxygen atoms in total. The third kappa shape index (κ3) is 3.72. The molecule has 0 aromatic carbocycles. The SMILES string of the molecule is C=CCN(CC(=O)O)C(=O)N1CC(C)C(C(=O)OC)C1. The van der Waals surface area contributed by atoms with E-state index in [2.05, 4.69) is 6.58 Å². The molecule has 112 valence electrons. The zero-order valence-corrected chi connectivity index (χ0v) is 11.7. The molecule has 1 saturated heterocycles. The summed E-state index contributed by atoms with van der Waals surface area (Å²) in [6, 6.07) is -0.398. The molecule has 0 saturated carbocycles. The molecule has 1 aliphatic rings. The summed E-state index contributed by atoms with van der Waals surface area (Å²) in [4.78, 5) is 37.3. The lowest BCUT2D eigenvalue weighted by molar-refractivity contribution is -0.146. The Morgan fingerprint density at radius 1 is 1.45 bits per heavy atom. The van der Waals surface area contributed by atoms with Gasteiger partial charge in [-0.2, -0.15) is 0 Å². The van der Waals surface area contributed by atoms with Gasteiger partial charge >= 0.3 is 18.0 Å². The van der Waals surface area contributed by atoms with Crippen LogP contribution in [0.3, 0.4) is 0 Å². The van der Waals surface area contributed by atoms with Crippen molar-refractivity contribution in [3.63, 3.8) is 0 Å². The maximum atomic E-state index is 12.3. The Bertz CT molecular complexity index is 410. The van der Waals surface area contributed by atoms with Crippen molar-refractivity contribution in [3.8, 4) is 0 Å². The number of ether oxygens (including phenoxy) is 1. The van der Waals surface area contributed by atoms with Gasteiger partial charge in [0.15, 0.2) is 0 Å². The molecule has 1 rings (SSSR count). The number of nitrogens with zero attached hydrogens (tertiary/aromatic N) is 2. The van der Waals surface area contributed by atoms with E-state index in [0.29, 0.717) is 6.54 Å². The van der Waals surface area contributed by atoms with Crippen molar-refractivity contribution in [1.82, 2.24) is 9.80 Å². The largest absolute Gasteiger partial charge is 0.480 e. The number of urea groups is 1. The van der Waals surface area contributed by atoms with Gasteiger partial charge in [0.05, 0.1) is 13.0 Å². The van der Waals surface area contributed by atoms with Gasteiger partial charge in [0.25, 0.3) is 0 Å². The highest BCUT2D eigenvalue weighted by Gasteiger charge is 2.39. The third-order valence-electron chi connectivity index (χ3n) is 3.33. The lowest BCUT2D eigenvalue weighted by Gasteiger charge is -2.25. The summed E-state index contributed by atoms with van der Waals surface area (Å²) in [7, 11) is 1.31. The Morgan fingerprint density at radius 2 is 2.10 bits per heavy atom. The van der Waals surface area contributed by atoms with Crippen molar-refractivity contribution in [2.75, 3.05) is 33.3 Å². The zero-order chi connectivity index (χ0) is 15.3. The predicted octanol–water partition coefficient (Wildman–Crippen LogP) is 0.420. The topological polar surface area (TPSA) is 87.2 Å². The van der Waals surface area contributed by atoms with Gasteiger partial charge in [-0.3, -0.25) is 9.59 Å². The molecule has 2 amide bonds. The summed E-state index contributed by atoms with van der Waals surface area (Å²) in [6.07, 6.45) is 1.47. The van der Waals surface area contributed by atoms with Crippen LogP contribution in [-0.4, -0.2) is 66.2 Å². The summed E-state index contributed by atoms with van der Waals surface area (Å²) in [6.45, 7) is 5.79. The van der Waals surface area contributed by atoms with Gasteiger partial charge in [-0.15, -0.1) is 6.58 Å². The fourth-order valence-corrected chi connectivity index (χ4v) is 2.31. The van der Waals surface area contributed by atoms with E-state index in [1.807, 2.05) is 6.92 Å². The van der Waals surface area contributed by atoms with E-state index >= 15 is 0 Å².